The van der Waals surface area contributed by atoms with Gasteiger partial charge in [0.1, 0.15) is 0 Å². The molecule has 0 bridgehead atoms. The number of hydrogen-bond acceptors (Lipinski definition) is 8. The number of carbonyl (C=O) groups excluding carboxylic acids is 2. The Morgan fingerprint density at radius 3 is 2.50 bits per heavy atom. The number of ether oxygens (including phenoxy) is 2. The van der Waals surface area contributed by atoms with E-state index in [-0.39, 0.29) is 32.6 Å². The maximum Gasteiger partial charge on any atom is 0.408 e. The molecule has 0 spiro atoms. The normalized spacial score (nSPS) is 16.6. The van der Waals surface area contributed by atoms with Crippen molar-refractivity contribution in [1.29, 1.82) is 0 Å². The largest absolute Gasteiger partial charge is 0.481 e. The minimum Gasteiger partial charge on any atom is -0.481 e. The zero-order valence-corrected chi connectivity index (χ0v) is 24.0. The molecule has 1 aromatic heterocycles. The van der Waals surface area contributed by atoms with E-state index in [0.717, 1.165) is 19.4 Å². The fourth-order valence-electron chi connectivity index (χ4n) is 4.60. The van der Waals surface area contributed by atoms with Gasteiger partial charge in [-0.2, -0.15) is 4.31 Å². The number of methoxy groups -OCH3 is 1. The summed E-state index contributed by atoms with van der Waals surface area (Å²) in [5, 5.41) is 2.90. The second kappa shape index (κ2) is 12.2. The van der Waals surface area contributed by atoms with E-state index >= 15 is 0 Å². The molecule has 2 amide bonds. The number of hydrogen-bond donors (Lipinski definition) is 1. The summed E-state index contributed by atoms with van der Waals surface area (Å²) in [4.78, 5) is 33.8. The molecule has 3 aromatic rings. The SMILES string of the molecule is COc1ncccc1C1(OC(=O)NCCCCCN(C)C)C(=O)N(S(=O)(=O)c2ccccc2)c2ccc(Cl)cc21. The summed E-state index contributed by atoms with van der Waals surface area (Å²) < 4.78 is 39.7. The number of aromatic nitrogens is 1. The highest BCUT2D eigenvalue weighted by atomic mass is 35.5. The fourth-order valence-corrected chi connectivity index (χ4v) is 6.25. The van der Waals surface area contributed by atoms with E-state index in [1.807, 2.05) is 14.1 Å². The highest BCUT2D eigenvalue weighted by Crippen LogP contribution is 2.51. The van der Waals surface area contributed by atoms with Crippen LogP contribution in [0.4, 0.5) is 10.5 Å². The van der Waals surface area contributed by atoms with Crippen LogP contribution in [0.3, 0.4) is 0 Å². The molecule has 1 aliphatic heterocycles. The maximum absolute atomic E-state index is 14.4. The van der Waals surface area contributed by atoms with Gasteiger partial charge in [-0.15, -0.1) is 0 Å². The number of nitrogens with zero attached hydrogens (tertiary/aromatic N) is 3. The van der Waals surface area contributed by atoms with Crippen molar-refractivity contribution < 1.29 is 27.5 Å². The summed E-state index contributed by atoms with van der Waals surface area (Å²) >= 11 is 6.34. The molecule has 2 heterocycles. The molecular weight excluding hydrogens is 556 g/mol. The first-order valence-corrected chi connectivity index (χ1v) is 14.5. The smallest absolute Gasteiger partial charge is 0.408 e. The van der Waals surface area contributed by atoms with Crippen molar-refractivity contribution >= 4 is 39.3 Å². The molecule has 1 atom stereocenters. The molecule has 0 saturated heterocycles. The Hall–Kier alpha value is -3.67. The van der Waals surface area contributed by atoms with E-state index in [1.165, 1.54) is 55.8 Å². The average Bonchev–Trinajstić information content (AvgIpc) is 3.18. The summed E-state index contributed by atoms with van der Waals surface area (Å²) in [5.41, 5.74) is -2.13. The Labute approximate surface area is 238 Å². The monoisotopic (exact) mass is 586 g/mol. The number of unbranched alkanes of at least 4 members (excludes halogenated alkanes) is 2. The summed E-state index contributed by atoms with van der Waals surface area (Å²) in [5.74, 6) is -1.04. The van der Waals surface area contributed by atoms with Gasteiger partial charge in [0.25, 0.3) is 21.5 Å². The lowest BCUT2D eigenvalue weighted by atomic mass is 9.87. The molecule has 1 aliphatic rings. The second-order valence-corrected chi connectivity index (χ2v) is 11.7. The van der Waals surface area contributed by atoms with Crippen LogP contribution >= 0.6 is 11.6 Å². The molecule has 2 aromatic carbocycles. The molecule has 40 heavy (non-hydrogen) atoms. The third-order valence-electron chi connectivity index (χ3n) is 6.46. The average molecular weight is 587 g/mol. The van der Waals surface area contributed by atoms with Crippen molar-refractivity contribution in [1.82, 2.24) is 15.2 Å². The van der Waals surface area contributed by atoms with Gasteiger partial charge in [-0.3, -0.25) is 4.79 Å². The van der Waals surface area contributed by atoms with Crippen molar-refractivity contribution in [3.8, 4) is 5.88 Å². The maximum atomic E-state index is 14.4. The van der Waals surface area contributed by atoms with Gasteiger partial charge in [-0.05, 0) is 75.9 Å². The number of anilines is 1. The highest BCUT2D eigenvalue weighted by molar-refractivity contribution is 7.93. The number of fused-ring (bicyclic) bond motifs is 1. The third kappa shape index (κ3) is 5.63. The standard InChI is InChI=1S/C28H31ClN4O6S/c1-32(2)18-9-5-8-16-31-27(35)39-28(22-13-10-17-30-25(22)38-3)23-19-20(29)14-15-24(23)33(26(28)34)40(36,37)21-11-6-4-7-12-21/h4,6-7,10-15,17,19H,5,8-9,16,18H2,1-3H3,(H,31,35). The Bertz CT molecular complexity index is 1490. The van der Waals surface area contributed by atoms with E-state index in [1.54, 1.807) is 18.2 Å². The van der Waals surface area contributed by atoms with Crippen LogP contribution in [-0.2, 0) is 25.2 Å². The quantitative estimate of drug-likeness (QED) is 0.333. The topological polar surface area (TPSA) is 118 Å². The zero-order chi connectivity index (χ0) is 28.9. The van der Waals surface area contributed by atoms with Gasteiger partial charge in [0.2, 0.25) is 5.88 Å². The first-order chi connectivity index (χ1) is 19.1. The lowest BCUT2D eigenvalue weighted by Gasteiger charge is -2.29. The van der Waals surface area contributed by atoms with Crippen LogP contribution in [0.1, 0.15) is 30.4 Å². The highest BCUT2D eigenvalue weighted by Gasteiger charge is 2.60. The zero-order valence-electron chi connectivity index (χ0n) is 22.5. The molecule has 10 nitrogen and oxygen atoms in total. The fraction of sp³-hybridized carbons (Fsp3) is 0.321. The Morgan fingerprint density at radius 1 is 1.05 bits per heavy atom. The van der Waals surface area contributed by atoms with Crippen LogP contribution in [0, 0.1) is 0 Å². The minimum atomic E-state index is -4.42. The van der Waals surface area contributed by atoms with Crippen LogP contribution in [0.2, 0.25) is 5.02 Å². The summed E-state index contributed by atoms with van der Waals surface area (Å²) in [6.07, 6.45) is 3.06. The molecule has 1 unspecified atom stereocenters. The van der Waals surface area contributed by atoms with Gasteiger partial charge in [0.15, 0.2) is 0 Å². The Kier molecular flexibility index (Phi) is 8.97. The van der Waals surface area contributed by atoms with Crippen molar-refractivity contribution in [2.45, 2.75) is 29.8 Å². The number of rotatable bonds is 11. The number of benzene rings is 2. The van der Waals surface area contributed by atoms with E-state index in [4.69, 9.17) is 21.1 Å². The minimum absolute atomic E-state index is 0.000597. The lowest BCUT2D eigenvalue weighted by molar-refractivity contribution is -0.131. The van der Waals surface area contributed by atoms with E-state index < -0.39 is 27.6 Å². The predicted octanol–water partition coefficient (Wildman–Crippen LogP) is 4.18. The molecule has 0 radical (unpaired) electrons. The van der Waals surface area contributed by atoms with Crippen molar-refractivity contribution in [2.24, 2.45) is 0 Å². The summed E-state index contributed by atoms with van der Waals surface area (Å²) in [6.45, 7) is 1.22. The number of carbonyl (C=O) groups is 2. The number of alkyl carbamates (subject to hydrolysis) is 1. The van der Waals surface area contributed by atoms with Gasteiger partial charge >= 0.3 is 6.09 Å². The van der Waals surface area contributed by atoms with Crippen LogP contribution in [0.25, 0.3) is 0 Å². The Balaban J connectivity index is 1.79. The van der Waals surface area contributed by atoms with E-state index in [2.05, 4.69) is 15.2 Å². The summed E-state index contributed by atoms with van der Waals surface area (Å²) in [6, 6.07) is 14.9. The van der Waals surface area contributed by atoms with Crippen LogP contribution in [-0.4, -0.2) is 64.6 Å². The van der Waals surface area contributed by atoms with Crippen LogP contribution < -0.4 is 14.4 Å². The van der Waals surface area contributed by atoms with Crippen molar-refractivity contribution in [2.75, 3.05) is 38.6 Å². The van der Waals surface area contributed by atoms with Crippen LogP contribution in [0.15, 0.2) is 71.8 Å². The molecule has 4 rings (SSSR count). The van der Waals surface area contributed by atoms with E-state index in [0.29, 0.717) is 17.3 Å². The molecular formula is C28H31ClN4O6S. The first kappa shape index (κ1) is 29.3. The number of halogens is 1. The summed E-state index contributed by atoms with van der Waals surface area (Å²) in [7, 11) is 0.916. The number of pyridine rings is 1. The van der Waals surface area contributed by atoms with Gasteiger partial charge in [-0.1, -0.05) is 36.2 Å². The molecule has 212 valence electrons. The van der Waals surface area contributed by atoms with Crippen molar-refractivity contribution in [3.63, 3.8) is 0 Å². The third-order valence-corrected chi connectivity index (χ3v) is 8.41. The molecule has 0 saturated carbocycles. The predicted molar refractivity (Wildman–Crippen MR) is 151 cm³/mol. The molecule has 12 heteroatoms. The molecule has 0 fully saturated rings. The van der Waals surface area contributed by atoms with Crippen molar-refractivity contribution in [3.05, 3.63) is 83.0 Å². The van der Waals surface area contributed by atoms with Gasteiger partial charge < -0.3 is 19.7 Å². The Morgan fingerprint density at radius 2 is 1.80 bits per heavy atom. The number of nitrogens with one attached hydrogen (secondary N) is 1. The van der Waals surface area contributed by atoms with E-state index in [9.17, 15) is 18.0 Å². The van der Waals surface area contributed by atoms with Gasteiger partial charge in [0.05, 0.1) is 23.3 Å². The number of sulfonamides is 1. The lowest BCUT2D eigenvalue weighted by Crippen LogP contribution is -2.48. The molecule has 1 N–H and O–H groups in total. The number of amides is 2. The van der Waals surface area contributed by atoms with Gasteiger partial charge in [0, 0.05) is 23.3 Å². The first-order valence-electron chi connectivity index (χ1n) is 12.7. The van der Waals surface area contributed by atoms with Crippen LogP contribution in [0.5, 0.6) is 5.88 Å². The van der Waals surface area contributed by atoms with Gasteiger partial charge in [-0.25, -0.2) is 18.2 Å². The molecule has 0 aliphatic carbocycles. The second-order valence-electron chi connectivity index (χ2n) is 9.47.